The lowest BCUT2D eigenvalue weighted by Crippen LogP contribution is -1.98. The van der Waals surface area contributed by atoms with Gasteiger partial charge in [0.1, 0.15) is 0 Å². The van der Waals surface area contributed by atoms with Gasteiger partial charge in [-0.3, -0.25) is 0 Å². The van der Waals surface area contributed by atoms with Crippen LogP contribution in [-0.4, -0.2) is 0 Å². The monoisotopic (exact) mass is 294 g/mol. The summed E-state index contributed by atoms with van der Waals surface area (Å²) in [6.45, 7) is 4.35. The maximum atomic E-state index is 6.24. The normalized spacial score (nSPS) is 11.0. The molecule has 78 valence electrons. The van der Waals surface area contributed by atoms with E-state index in [4.69, 9.17) is 23.2 Å². The van der Waals surface area contributed by atoms with E-state index in [0.29, 0.717) is 11.8 Å². The molecule has 0 radical (unpaired) electrons. The molecule has 0 saturated carbocycles. The highest BCUT2D eigenvalue weighted by molar-refractivity contribution is 9.10. The van der Waals surface area contributed by atoms with Gasteiger partial charge in [0.2, 0.25) is 0 Å². The van der Waals surface area contributed by atoms with E-state index < -0.39 is 0 Å². The quantitative estimate of drug-likeness (QED) is 0.685. The van der Waals surface area contributed by atoms with Crippen molar-refractivity contribution in [3.8, 4) is 0 Å². The average Bonchev–Trinajstić information content (AvgIpc) is 2.12. The summed E-state index contributed by atoms with van der Waals surface area (Å²) < 4.78 is 1.07. The van der Waals surface area contributed by atoms with E-state index in [1.165, 1.54) is 5.56 Å². The topological polar surface area (TPSA) is 0 Å². The number of alkyl halides is 1. The fourth-order valence-electron chi connectivity index (χ4n) is 1.34. The van der Waals surface area contributed by atoms with Gasteiger partial charge in [-0.15, -0.1) is 11.6 Å². The van der Waals surface area contributed by atoms with Crippen molar-refractivity contribution in [3.63, 3.8) is 0 Å². The molecule has 1 aromatic carbocycles. The number of benzene rings is 1. The van der Waals surface area contributed by atoms with Gasteiger partial charge in [-0.05, 0) is 29.5 Å². The molecule has 0 N–H and O–H groups in total. The Morgan fingerprint density at radius 3 is 2.50 bits per heavy atom. The van der Waals surface area contributed by atoms with Crippen molar-refractivity contribution in [2.75, 3.05) is 0 Å². The third-order valence-corrected chi connectivity index (χ3v) is 3.52. The summed E-state index contributed by atoms with van der Waals surface area (Å²) >= 11 is 15.5. The smallest absolute Gasteiger partial charge is 0.0493 e. The van der Waals surface area contributed by atoms with Crippen molar-refractivity contribution in [1.82, 2.24) is 0 Å². The highest BCUT2D eigenvalue weighted by Crippen LogP contribution is 2.31. The van der Waals surface area contributed by atoms with E-state index >= 15 is 0 Å². The van der Waals surface area contributed by atoms with Crippen LogP contribution in [0.5, 0.6) is 0 Å². The minimum absolute atomic E-state index is 0.469. The zero-order valence-corrected chi connectivity index (χ0v) is 11.4. The summed E-state index contributed by atoms with van der Waals surface area (Å²) in [6, 6.07) is 3.98. The van der Waals surface area contributed by atoms with E-state index in [0.717, 1.165) is 21.5 Å². The molecule has 0 spiro atoms. The van der Waals surface area contributed by atoms with Gasteiger partial charge in [0, 0.05) is 15.4 Å². The van der Waals surface area contributed by atoms with Gasteiger partial charge in [-0.2, -0.15) is 0 Å². The SMILES string of the molecule is CC(C)Cc1c(Br)ccc(CCl)c1Cl. The first-order chi connectivity index (χ1) is 6.56. The molecule has 0 fully saturated rings. The Labute approximate surface area is 104 Å². The average molecular weight is 296 g/mol. The lowest BCUT2D eigenvalue weighted by Gasteiger charge is -2.12. The van der Waals surface area contributed by atoms with Crippen LogP contribution in [0.2, 0.25) is 5.02 Å². The molecule has 0 aliphatic rings. The Kier molecular flexibility index (Phi) is 4.75. The fourth-order valence-corrected chi connectivity index (χ4v) is 2.55. The molecule has 0 amide bonds. The van der Waals surface area contributed by atoms with Crippen LogP contribution in [0.4, 0.5) is 0 Å². The first kappa shape index (κ1) is 12.4. The number of hydrogen-bond donors (Lipinski definition) is 0. The van der Waals surface area contributed by atoms with Crippen molar-refractivity contribution in [2.45, 2.75) is 26.1 Å². The highest BCUT2D eigenvalue weighted by atomic mass is 79.9. The molecule has 0 aliphatic heterocycles. The summed E-state index contributed by atoms with van der Waals surface area (Å²) in [6.07, 6.45) is 0.976. The highest BCUT2D eigenvalue weighted by Gasteiger charge is 2.10. The van der Waals surface area contributed by atoms with Crippen LogP contribution in [0.25, 0.3) is 0 Å². The maximum absolute atomic E-state index is 6.24. The van der Waals surface area contributed by atoms with E-state index in [9.17, 15) is 0 Å². The second-order valence-corrected chi connectivity index (χ2v) is 5.23. The zero-order chi connectivity index (χ0) is 10.7. The van der Waals surface area contributed by atoms with E-state index in [1.807, 2.05) is 12.1 Å². The van der Waals surface area contributed by atoms with E-state index in [-0.39, 0.29) is 0 Å². The van der Waals surface area contributed by atoms with Gasteiger partial charge in [0.25, 0.3) is 0 Å². The van der Waals surface area contributed by atoms with Crippen LogP contribution in [0, 0.1) is 5.92 Å². The van der Waals surface area contributed by atoms with Crippen molar-refractivity contribution >= 4 is 39.1 Å². The van der Waals surface area contributed by atoms with Gasteiger partial charge in [0.15, 0.2) is 0 Å². The Morgan fingerprint density at radius 2 is 2.00 bits per heavy atom. The summed E-state index contributed by atoms with van der Waals surface area (Å²) in [7, 11) is 0. The first-order valence-electron chi connectivity index (χ1n) is 4.58. The molecule has 1 rings (SSSR count). The van der Waals surface area contributed by atoms with E-state index in [2.05, 4.69) is 29.8 Å². The van der Waals surface area contributed by atoms with Gasteiger partial charge < -0.3 is 0 Å². The van der Waals surface area contributed by atoms with Gasteiger partial charge in [-0.25, -0.2) is 0 Å². The zero-order valence-electron chi connectivity index (χ0n) is 8.28. The molecule has 0 aromatic heterocycles. The summed E-state index contributed by atoms with van der Waals surface area (Å²) in [4.78, 5) is 0. The Hall–Kier alpha value is 0.280. The second kappa shape index (κ2) is 5.39. The minimum atomic E-state index is 0.469. The van der Waals surface area contributed by atoms with Gasteiger partial charge in [-0.1, -0.05) is 47.4 Å². The van der Waals surface area contributed by atoms with Gasteiger partial charge >= 0.3 is 0 Å². The maximum Gasteiger partial charge on any atom is 0.0493 e. The molecule has 0 bridgehead atoms. The van der Waals surface area contributed by atoms with Crippen LogP contribution in [0.3, 0.4) is 0 Å². The van der Waals surface area contributed by atoms with Crippen molar-refractivity contribution in [1.29, 1.82) is 0 Å². The van der Waals surface area contributed by atoms with Crippen molar-refractivity contribution in [2.24, 2.45) is 5.92 Å². The molecule has 0 nitrogen and oxygen atoms in total. The first-order valence-corrected chi connectivity index (χ1v) is 6.28. The Morgan fingerprint density at radius 1 is 1.36 bits per heavy atom. The van der Waals surface area contributed by atoms with Crippen molar-refractivity contribution in [3.05, 3.63) is 32.8 Å². The van der Waals surface area contributed by atoms with Crippen LogP contribution in [0.15, 0.2) is 16.6 Å². The van der Waals surface area contributed by atoms with Crippen LogP contribution in [-0.2, 0) is 12.3 Å². The van der Waals surface area contributed by atoms with E-state index in [1.54, 1.807) is 0 Å². The molecule has 1 aromatic rings. The molecule has 0 heterocycles. The van der Waals surface area contributed by atoms with Crippen LogP contribution in [0.1, 0.15) is 25.0 Å². The Bertz CT molecular complexity index is 321. The third-order valence-electron chi connectivity index (χ3n) is 2.02. The molecule has 14 heavy (non-hydrogen) atoms. The van der Waals surface area contributed by atoms with Crippen LogP contribution < -0.4 is 0 Å². The molecular formula is C11H13BrCl2. The van der Waals surface area contributed by atoms with Crippen molar-refractivity contribution < 1.29 is 0 Å². The Balaban J connectivity index is 3.11. The summed E-state index contributed by atoms with van der Waals surface area (Å²) in [5.74, 6) is 1.06. The molecule has 0 saturated heterocycles. The third kappa shape index (κ3) is 2.88. The number of rotatable bonds is 3. The lowest BCUT2D eigenvalue weighted by atomic mass is 10.0. The standard InChI is InChI=1S/C11H13BrCl2/c1-7(2)5-9-10(12)4-3-8(6-13)11(9)14/h3-4,7H,5-6H2,1-2H3. The predicted octanol–water partition coefficient (Wildman–Crippen LogP) is 5.04. The molecule has 0 unspecified atom stereocenters. The number of hydrogen-bond acceptors (Lipinski definition) is 0. The second-order valence-electron chi connectivity index (χ2n) is 3.73. The molecule has 0 aliphatic carbocycles. The fraction of sp³-hybridized carbons (Fsp3) is 0.455. The summed E-state index contributed by atoms with van der Waals surface area (Å²) in [5.41, 5.74) is 2.17. The number of halogens is 3. The molecule has 0 atom stereocenters. The predicted molar refractivity (Wildman–Crippen MR) is 67.3 cm³/mol. The lowest BCUT2D eigenvalue weighted by molar-refractivity contribution is 0.645. The van der Waals surface area contributed by atoms with Crippen LogP contribution >= 0.6 is 39.1 Å². The van der Waals surface area contributed by atoms with Gasteiger partial charge in [0.05, 0.1) is 0 Å². The largest absolute Gasteiger partial charge is 0.121 e. The molecule has 3 heteroatoms. The minimum Gasteiger partial charge on any atom is -0.121 e. The summed E-state index contributed by atoms with van der Waals surface area (Å²) in [5, 5.41) is 0.808. The molecular weight excluding hydrogens is 283 g/mol.